The number of ether oxygens (including phenoxy) is 2. The number of likely N-dealkylation sites (tertiary alicyclic amines) is 1. The lowest BCUT2D eigenvalue weighted by atomic mass is 9.97. The van der Waals surface area contributed by atoms with Gasteiger partial charge < -0.3 is 19.7 Å². The second-order valence-corrected chi connectivity index (χ2v) is 7.51. The molecule has 1 unspecified atom stereocenters. The van der Waals surface area contributed by atoms with Crippen LogP contribution in [0.3, 0.4) is 0 Å². The normalized spacial score (nSPS) is 16.8. The highest BCUT2D eigenvalue weighted by Gasteiger charge is 2.30. The molecule has 2 aromatic rings. The number of nitrogens with zero attached hydrogens (tertiary/aromatic N) is 4. The van der Waals surface area contributed by atoms with Gasteiger partial charge in [0.1, 0.15) is 5.82 Å². The molecule has 0 radical (unpaired) electrons. The maximum atomic E-state index is 12.8. The fourth-order valence-electron chi connectivity index (χ4n) is 3.75. The second kappa shape index (κ2) is 8.59. The summed E-state index contributed by atoms with van der Waals surface area (Å²) in [5, 5.41) is 7.37. The molecule has 9 nitrogen and oxygen atoms in total. The molecule has 1 saturated heterocycles. The van der Waals surface area contributed by atoms with E-state index in [2.05, 4.69) is 10.4 Å². The highest BCUT2D eigenvalue weighted by Crippen LogP contribution is 2.31. The first-order chi connectivity index (χ1) is 13.8. The first-order valence-electron chi connectivity index (χ1n) is 9.79. The third-order valence-electron chi connectivity index (χ3n) is 5.21. The number of hydrogen-bond donors (Lipinski definition) is 1. The van der Waals surface area contributed by atoms with E-state index in [1.807, 2.05) is 13.8 Å². The van der Waals surface area contributed by atoms with Crippen molar-refractivity contribution in [2.45, 2.75) is 38.6 Å². The first kappa shape index (κ1) is 20.8. The van der Waals surface area contributed by atoms with Crippen LogP contribution in [0.5, 0.6) is 11.5 Å². The van der Waals surface area contributed by atoms with Crippen molar-refractivity contribution in [3.63, 3.8) is 0 Å². The van der Waals surface area contributed by atoms with E-state index in [0.29, 0.717) is 30.3 Å². The minimum atomic E-state index is -0.184. The van der Waals surface area contributed by atoms with E-state index in [-0.39, 0.29) is 23.7 Å². The van der Waals surface area contributed by atoms with Gasteiger partial charge >= 0.3 is 11.7 Å². The van der Waals surface area contributed by atoms with Gasteiger partial charge in [-0.15, -0.1) is 0 Å². The summed E-state index contributed by atoms with van der Waals surface area (Å²) < 4.78 is 13.6. The summed E-state index contributed by atoms with van der Waals surface area (Å²) >= 11 is 0. The molecule has 0 aliphatic carbocycles. The highest BCUT2D eigenvalue weighted by atomic mass is 16.5. The molecule has 2 amide bonds. The van der Waals surface area contributed by atoms with Gasteiger partial charge in [0.15, 0.2) is 11.5 Å². The van der Waals surface area contributed by atoms with Crippen LogP contribution in [0.4, 0.5) is 10.5 Å². The van der Waals surface area contributed by atoms with Gasteiger partial charge in [-0.05, 0) is 38.8 Å². The average Bonchev–Trinajstić information content (AvgIpc) is 3.02. The molecular formula is C20H29N5O4. The molecule has 0 bridgehead atoms. The van der Waals surface area contributed by atoms with Crippen LogP contribution in [0.1, 0.15) is 44.5 Å². The summed E-state index contributed by atoms with van der Waals surface area (Å²) in [4.78, 5) is 27.0. The number of rotatable bonds is 5. The highest BCUT2D eigenvalue weighted by molar-refractivity contribution is 5.89. The molecule has 1 aromatic carbocycles. The number of anilines is 1. The quantitative estimate of drug-likeness (QED) is 0.829. The molecule has 0 spiro atoms. The molecule has 1 N–H and O–H groups in total. The SMILES string of the molecule is COc1ccc(NC(=O)N2CCCC(c3nn(C)c(=O)n3C(C)C)C2)cc1OC. The topological polar surface area (TPSA) is 90.6 Å². The molecule has 9 heteroatoms. The van der Waals surface area contributed by atoms with Crippen LogP contribution in [0, 0.1) is 0 Å². The number of aromatic nitrogens is 3. The third kappa shape index (κ3) is 4.23. The van der Waals surface area contributed by atoms with Crippen LogP contribution >= 0.6 is 0 Å². The summed E-state index contributed by atoms with van der Waals surface area (Å²) in [6, 6.07) is 5.09. The molecule has 1 aliphatic rings. The van der Waals surface area contributed by atoms with E-state index in [1.165, 1.54) is 4.68 Å². The lowest BCUT2D eigenvalue weighted by Gasteiger charge is -2.32. The molecule has 2 heterocycles. The van der Waals surface area contributed by atoms with Crippen LogP contribution < -0.4 is 20.5 Å². The van der Waals surface area contributed by atoms with Gasteiger partial charge in [0.05, 0.1) is 14.2 Å². The van der Waals surface area contributed by atoms with E-state index in [0.717, 1.165) is 18.7 Å². The van der Waals surface area contributed by atoms with Gasteiger partial charge in [0, 0.05) is 43.9 Å². The summed E-state index contributed by atoms with van der Waals surface area (Å²) in [7, 11) is 4.78. The number of hydrogen-bond acceptors (Lipinski definition) is 5. The van der Waals surface area contributed by atoms with Crippen molar-refractivity contribution in [3.05, 3.63) is 34.5 Å². The van der Waals surface area contributed by atoms with Crippen molar-refractivity contribution in [1.82, 2.24) is 19.2 Å². The molecule has 0 saturated carbocycles. The minimum Gasteiger partial charge on any atom is -0.493 e. The van der Waals surface area contributed by atoms with Crippen LogP contribution in [0.2, 0.25) is 0 Å². The Balaban J connectivity index is 1.75. The predicted molar refractivity (Wildman–Crippen MR) is 110 cm³/mol. The maximum absolute atomic E-state index is 12.8. The van der Waals surface area contributed by atoms with Crippen molar-refractivity contribution < 1.29 is 14.3 Å². The zero-order chi connectivity index (χ0) is 21.1. The molecule has 1 aliphatic heterocycles. The maximum Gasteiger partial charge on any atom is 0.345 e. The third-order valence-corrected chi connectivity index (χ3v) is 5.21. The number of benzene rings is 1. The fraction of sp³-hybridized carbons (Fsp3) is 0.550. The van der Waals surface area contributed by atoms with Crippen LogP contribution in [0.25, 0.3) is 0 Å². The molecule has 1 fully saturated rings. The molecule has 158 valence electrons. The standard InChI is InChI=1S/C20H29N5O4/c1-13(2)25-18(22-23(3)20(25)27)14-7-6-10-24(12-14)19(26)21-15-8-9-16(28-4)17(11-15)29-5/h8-9,11,13-14H,6-7,10,12H2,1-5H3,(H,21,26). The number of amides is 2. The zero-order valence-electron chi connectivity index (χ0n) is 17.6. The van der Waals surface area contributed by atoms with Gasteiger partial charge in [-0.3, -0.25) is 4.57 Å². The van der Waals surface area contributed by atoms with Crippen molar-refractivity contribution in [1.29, 1.82) is 0 Å². The summed E-state index contributed by atoms with van der Waals surface area (Å²) in [6.07, 6.45) is 1.75. The van der Waals surface area contributed by atoms with Crippen LogP contribution in [-0.4, -0.2) is 52.6 Å². The van der Waals surface area contributed by atoms with E-state index in [4.69, 9.17) is 9.47 Å². The van der Waals surface area contributed by atoms with Crippen LogP contribution in [-0.2, 0) is 7.05 Å². The second-order valence-electron chi connectivity index (χ2n) is 7.51. The Hall–Kier alpha value is -2.97. The number of carbonyl (C=O) groups excluding carboxylic acids is 1. The minimum absolute atomic E-state index is 0.0159. The smallest absolute Gasteiger partial charge is 0.345 e. The van der Waals surface area contributed by atoms with Crippen LogP contribution in [0.15, 0.2) is 23.0 Å². The Morgan fingerprint density at radius 3 is 2.62 bits per heavy atom. The number of urea groups is 1. The first-order valence-corrected chi connectivity index (χ1v) is 9.79. The Morgan fingerprint density at radius 2 is 1.97 bits per heavy atom. The fourth-order valence-corrected chi connectivity index (χ4v) is 3.75. The average molecular weight is 403 g/mol. The molecule has 1 atom stereocenters. The van der Waals surface area contributed by atoms with Gasteiger partial charge in [-0.1, -0.05) is 0 Å². The Kier molecular flexibility index (Phi) is 6.14. The number of nitrogens with one attached hydrogen (secondary N) is 1. The Morgan fingerprint density at radius 1 is 1.24 bits per heavy atom. The number of carbonyl (C=O) groups is 1. The number of piperidine rings is 1. The molecule has 1 aromatic heterocycles. The van der Waals surface area contributed by atoms with Gasteiger partial charge in [0.2, 0.25) is 0 Å². The number of aryl methyl sites for hydroxylation is 1. The van der Waals surface area contributed by atoms with E-state index >= 15 is 0 Å². The molecule has 3 rings (SSSR count). The van der Waals surface area contributed by atoms with Gasteiger partial charge in [-0.2, -0.15) is 5.10 Å². The van der Waals surface area contributed by atoms with Crippen molar-refractivity contribution >= 4 is 11.7 Å². The monoisotopic (exact) mass is 403 g/mol. The van der Waals surface area contributed by atoms with Crippen molar-refractivity contribution in [3.8, 4) is 11.5 Å². The van der Waals surface area contributed by atoms with Crippen molar-refractivity contribution in [2.75, 3.05) is 32.6 Å². The molecular weight excluding hydrogens is 374 g/mol. The predicted octanol–water partition coefficient (Wildman–Crippen LogP) is 2.59. The lowest BCUT2D eigenvalue weighted by Crippen LogP contribution is -2.42. The van der Waals surface area contributed by atoms with E-state index < -0.39 is 0 Å². The summed E-state index contributed by atoms with van der Waals surface area (Å²) in [6.45, 7) is 5.12. The largest absolute Gasteiger partial charge is 0.493 e. The van der Waals surface area contributed by atoms with E-state index in [9.17, 15) is 9.59 Å². The van der Waals surface area contributed by atoms with E-state index in [1.54, 1.807) is 48.9 Å². The molecule has 29 heavy (non-hydrogen) atoms. The lowest BCUT2D eigenvalue weighted by molar-refractivity contribution is 0.190. The van der Waals surface area contributed by atoms with Gasteiger partial charge in [-0.25, -0.2) is 14.3 Å². The summed E-state index contributed by atoms with van der Waals surface area (Å²) in [5.41, 5.74) is 0.508. The summed E-state index contributed by atoms with van der Waals surface area (Å²) in [5.74, 6) is 1.92. The zero-order valence-corrected chi connectivity index (χ0v) is 17.6. The van der Waals surface area contributed by atoms with Gasteiger partial charge in [0.25, 0.3) is 0 Å². The Bertz CT molecular complexity index is 933. The Labute approximate surface area is 170 Å². The number of methoxy groups -OCH3 is 2. The van der Waals surface area contributed by atoms with Crippen molar-refractivity contribution in [2.24, 2.45) is 7.05 Å².